The van der Waals surface area contributed by atoms with Crippen LogP contribution in [0.3, 0.4) is 0 Å². The molecule has 62 valence electrons. The molecule has 0 saturated carbocycles. The van der Waals surface area contributed by atoms with Crippen LogP contribution < -0.4 is 5.73 Å². The smallest absolute Gasteiger partial charge is 0.239 e. The largest absolute Gasteiger partial charge is 0.366 e. The number of aromatic nitrogens is 3. The van der Waals surface area contributed by atoms with Crippen molar-refractivity contribution in [3.63, 3.8) is 0 Å². The molecule has 0 aromatic carbocycles. The van der Waals surface area contributed by atoms with Crippen LogP contribution in [0.2, 0.25) is 0 Å². The maximum absolute atomic E-state index is 5.41. The summed E-state index contributed by atoms with van der Waals surface area (Å²) in [6, 6.07) is 0. The second-order valence-corrected chi connectivity index (χ2v) is 2.59. The minimum absolute atomic E-state index is 0.374. The van der Waals surface area contributed by atoms with Crippen molar-refractivity contribution in [3.8, 4) is 0 Å². The van der Waals surface area contributed by atoms with E-state index in [-0.39, 0.29) is 0 Å². The zero-order chi connectivity index (χ0) is 8.27. The quantitative estimate of drug-likeness (QED) is 0.705. The molecule has 0 fully saturated rings. The molecule has 0 amide bonds. The number of rotatable bonds is 3. The van der Waals surface area contributed by atoms with Crippen molar-refractivity contribution in [2.24, 2.45) is 0 Å². The van der Waals surface area contributed by atoms with Crippen molar-refractivity contribution in [1.29, 1.82) is 0 Å². The van der Waals surface area contributed by atoms with E-state index < -0.39 is 0 Å². The Kier molecular flexibility index (Phi) is 2.46. The van der Waals surface area contributed by atoms with E-state index in [2.05, 4.69) is 17.0 Å². The van der Waals surface area contributed by atoms with Gasteiger partial charge in [-0.25, -0.2) is 4.68 Å². The number of nitrogens with zero attached hydrogens (tertiary/aromatic N) is 3. The van der Waals surface area contributed by atoms with Crippen molar-refractivity contribution in [3.05, 3.63) is 5.82 Å². The normalized spacial score (nSPS) is 10.4. The molecule has 4 nitrogen and oxygen atoms in total. The summed E-state index contributed by atoms with van der Waals surface area (Å²) in [6.07, 6.45) is 2.29. The summed E-state index contributed by atoms with van der Waals surface area (Å²) in [5, 5.41) is 4.03. The van der Waals surface area contributed by atoms with Crippen LogP contribution in [-0.2, 0) is 6.54 Å². The summed E-state index contributed by atoms with van der Waals surface area (Å²) in [5.74, 6) is 1.27. The number of unbranched alkanes of at least 4 members (excludes halogenated alkanes) is 1. The van der Waals surface area contributed by atoms with Crippen LogP contribution in [0.15, 0.2) is 0 Å². The molecule has 0 aliphatic rings. The minimum atomic E-state index is 0.374. The molecule has 0 unspecified atom stereocenters. The Bertz CT molecular complexity index is 228. The molecule has 0 atom stereocenters. The van der Waals surface area contributed by atoms with Gasteiger partial charge in [-0.05, 0) is 13.3 Å². The van der Waals surface area contributed by atoms with Gasteiger partial charge in [0.25, 0.3) is 0 Å². The Balaban J connectivity index is 2.62. The molecule has 1 heterocycles. The van der Waals surface area contributed by atoms with Crippen molar-refractivity contribution in [1.82, 2.24) is 14.8 Å². The van der Waals surface area contributed by atoms with Gasteiger partial charge in [0, 0.05) is 6.54 Å². The maximum Gasteiger partial charge on any atom is 0.239 e. The molecular formula is C7H14N4. The van der Waals surface area contributed by atoms with Crippen molar-refractivity contribution >= 4 is 5.95 Å². The summed E-state index contributed by atoms with van der Waals surface area (Å²) in [5.41, 5.74) is 5.41. The van der Waals surface area contributed by atoms with Gasteiger partial charge >= 0.3 is 0 Å². The highest BCUT2D eigenvalue weighted by Gasteiger charge is 2.00. The van der Waals surface area contributed by atoms with Crippen LogP contribution in [0, 0.1) is 6.92 Å². The van der Waals surface area contributed by atoms with Gasteiger partial charge in [0.1, 0.15) is 5.82 Å². The first-order valence-electron chi connectivity index (χ1n) is 3.91. The second kappa shape index (κ2) is 3.37. The van der Waals surface area contributed by atoms with E-state index in [9.17, 15) is 0 Å². The lowest BCUT2D eigenvalue weighted by Gasteiger charge is -1.98. The van der Waals surface area contributed by atoms with Crippen LogP contribution >= 0.6 is 0 Å². The molecule has 2 N–H and O–H groups in total. The monoisotopic (exact) mass is 154 g/mol. The SMILES string of the molecule is CCCCn1nc(N)nc1C. The Morgan fingerprint density at radius 1 is 1.55 bits per heavy atom. The van der Waals surface area contributed by atoms with E-state index in [1.807, 2.05) is 11.6 Å². The average Bonchev–Trinajstić information content (AvgIpc) is 2.26. The molecule has 1 aromatic heterocycles. The van der Waals surface area contributed by atoms with Gasteiger partial charge in [0.05, 0.1) is 0 Å². The van der Waals surface area contributed by atoms with E-state index in [1.165, 1.54) is 6.42 Å². The number of nitrogens with two attached hydrogens (primary N) is 1. The second-order valence-electron chi connectivity index (χ2n) is 2.59. The average molecular weight is 154 g/mol. The third-order valence-electron chi connectivity index (χ3n) is 1.60. The van der Waals surface area contributed by atoms with Gasteiger partial charge in [-0.1, -0.05) is 13.3 Å². The van der Waals surface area contributed by atoms with Crippen LogP contribution in [0.25, 0.3) is 0 Å². The standard InChI is InChI=1S/C7H14N4/c1-3-4-5-11-6(2)9-7(8)10-11/h3-5H2,1-2H3,(H2,8,10). The Morgan fingerprint density at radius 3 is 2.73 bits per heavy atom. The van der Waals surface area contributed by atoms with Gasteiger partial charge < -0.3 is 5.73 Å². The minimum Gasteiger partial charge on any atom is -0.366 e. The Labute approximate surface area is 66.4 Å². The maximum atomic E-state index is 5.41. The lowest BCUT2D eigenvalue weighted by atomic mass is 10.3. The molecule has 0 bridgehead atoms. The van der Waals surface area contributed by atoms with Crippen LogP contribution in [0.4, 0.5) is 5.95 Å². The summed E-state index contributed by atoms with van der Waals surface area (Å²) in [6.45, 7) is 4.99. The van der Waals surface area contributed by atoms with Crippen LogP contribution in [0.1, 0.15) is 25.6 Å². The van der Waals surface area contributed by atoms with E-state index in [4.69, 9.17) is 5.73 Å². The molecule has 4 heteroatoms. The van der Waals surface area contributed by atoms with E-state index in [0.29, 0.717) is 5.95 Å². The Morgan fingerprint density at radius 2 is 2.27 bits per heavy atom. The number of anilines is 1. The summed E-state index contributed by atoms with van der Waals surface area (Å²) >= 11 is 0. The number of nitrogen functional groups attached to an aromatic ring is 1. The first-order valence-corrected chi connectivity index (χ1v) is 3.91. The highest BCUT2D eigenvalue weighted by molar-refractivity contribution is 5.12. The van der Waals surface area contributed by atoms with Gasteiger partial charge in [-0.2, -0.15) is 4.98 Å². The Hall–Kier alpha value is -1.06. The fourth-order valence-electron chi connectivity index (χ4n) is 0.962. The highest BCUT2D eigenvalue weighted by Crippen LogP contribution is 2.00. The third kappa shape index (κ3) is 1.93. The van der Waals surface area contributed by atoms with Gasteiger partial charge in [-0.3, -0.25) is 0 Å². The van der Waals surface area contributed by atoms with Gasteiger partial charge in [0.2, 0.25) is 5.95 Å². The predicted molar refractivity (Wildman–Crippen MR) is 44.1 cm³/mol. The topological polar surface area (TPSA) is 56.7 Å². The number of hydrogen-bond donors (Lipinski definition) is 1. The molecule has 1 aromatic rings. The molecular weight excluding hydrogens is 140 g/mol. The van der Waals surface area contributed by atoms with Crippen LogP contribution in [-0.4, -0.2) is 14.8 Å². The van der Waals surface area contributed by atoms with Crippen molar-refractivity contribution in [2.75, 3.05) is 5.73 Å². The predicted octanol–water partition coefficient (Wildman–Crippen LogP) is 0.969. The van der Waals surface area contributed by atoms with E-state index in [0.717, 1.165) is 18.8 Å². The zero-order valence-corrected chi connectivity index (χ0v) is 7.04. The van der Waals surface area contributed by atoms with Gasteiger partial charge in [-0.15, -0.1) is 5.10 Å². The highest BCUT2D eigenvalue weighted by atomic mass is 15.4. The lowest BCUT2D eigenvalue weighted by Crippen LogP contribution is -2.02. The molecule has 0 radical (unpaired) electrons. The molecule has 1 rings (SSSR count). The van der Waals surface area contributed by atoms with Crippen LogP contribution in [0.5, 0.6) is 0 Å². The molecule has 0 spiro atoms. The van der Waals surface area contributed by atoms with Crippen molar-refractivity contribution in [2.45, 2.75) is 33.2 Å². The summed E-state index contributed by atoms with van der Waals surface area (Å²) in [7, 11) is 0. The summed E-state index contributed by atoms with van der Waals surface area (Å²) < 4.78 is 1.85. The first-order chi connectivity index (χ1) is 5.24. The zero-order valence-electron chi connectivity index (χ0n) is 7.04. The number of hydrogen-bond acceptors (Lipinski definition) is 3. The molecule has 0 aliphatic carbocycles. The van der Waals surface area contributed by atoms with E-state index >= 15 is 0 Å². The molecule has 11 heavy (non-hydrogen) atoms. The first kappa shape index (κ1) is 8.04. The fourth-order valence-corrected chi connectivity index (χ4v) is 0.962. The van der Waals surface area contributed by atoms with Crippen molar-refractivity contribution < 1.29 is 0 Å². The van der Waals surface area contributed by atoms with Gasteiger partial charge in [0.15, 0.2) is 0 Å². The summed E-state index contributed by atoms with van der Waals surface area (Å²) in [4.78, 5) is 3.99. The molecule has 0 aliphatic heterocycles. The van der Waals surface area contributed by atoms with E-state index in [1.54, 1.807) is 0 Å². The number of aryl methyl sites for hydroxylation is 2. The fraction of sp³-hybridized carbons (Fsp3) is 0.714. The third-order valence-corrected chi connectivity index (χ3v) is 1.60. The molecule has 0 saturated heterocycles. The lowest BCUT2D eigenvalue weighted by molar-refractivity contribution is 0.557.